The molecule has 27 heavy (non-hydrogen) atoms. The Labute approximate surface area is 157 Å². The maximum atomic E-state index is 12.3. The highest BCUT2D eigenvalue weighted by atomic mass is 16.6. The summed E-state index contributed by atoms with van der Waals surface area (Å²) in [5, 5.41) is 3.64. The van der Waals surface area contributed by atoms with Crippen molar-refractivity contribution in [2.45, 2.75) is 26.9 Å². The molecule has 0 spiro atoms. The van der Waals surface area contributed by atoms with Crippen LogP contribution in [0.1, 0.15) is 25.0 Å². The van der Waals surface area contributed by atoms with Gasteiger partial charge in [0.1, 0.15) is 6.61 Å². The Kier molecular flexibility index (Phi) is 5.76. The monoisotopic (exact) mass is 366 g/mol. The zero-order valence-corrected chi connectivity index (χ0v) is 15.4. The molecule has 0 aliphatic rings. The first-order valence-electron chi connectivity index (χ1n) is 8.91. The number of anilines is 1. The number of ether oxygens (including phenoxy) is 2. The molecule has 1 amide bonds. The van der Waals surface area contributed by atoms with E-state index in [1.165, 1.54) is 4.57 Å². The normalized spacial score (nSPS) is 10.6. The fourth-order valence-corrected chi connectivity index (χ4v) is 2.94. The first-order valence-corrected chi connectivity index (χ1v) is 8.91. The van der Waals surface area contributed by atoms with Gasteiger partial charge in [-0.1, -0.05) is 49.4 Å². The van der Waals surface area contributed by atoms with Crippen LogP contribution in [-0.4, -0.2) is 23.4 Å². The Hall–Kier alpha value is -3.28. The first kappa shape index (κ1) is 18.5. The SMILES string of the molecule is CCOC(=O)n1cc(CC)c2cccc(NC(=O)OCc3ccccc3)c21. The number of aryl methyl sites for hydroxylation is 1. The summed E-state index contributed by atoms with van der Waals surface area (Å²) < 4.78 is 11.9. The van der Waals surface area contributed by atoms with Gasteiger partial charge in [0, 0.05) is 11.6 Å². The number of benzene rings is 2. The van der Waals surface area contributed by atoms with Gasteiger partial charge in [-0.2, -0.15) is 0 Å². The molecule has 1 N–H and O–H groups in total. The Balaban J connectivity index is 1.86. The summed E-state index contributed by atoms with van der Waals surface area (Å²) in [6.45, 7) is 4.21. The number of hydrogen-bond acceptors (Lipinski definition) is 4. The van der Waals surface area contributed by atoms with E-state index in [9.17, 15) is 9.59 Å². The third-order valence-corrected chi connectivity index (χ3v) is 4.20. The largest absolute Gasteiger partial charge is 0.449 e. The minimum atomic E-state index is -0.582. The predicted octanol–water partition coefficient (Wildman–Crippen LogP) is 4.96. The number of aromatic nitrogens is 1. The third kappa shape index (κ3) is 4.11. The molecule has 6 heteroatoms. The van der Waals surface area contributed by atoms with Crippen molar-refractivity contribution in [1.29, 1.82) is 0 Å². The number of rotatable bonds is 5. The lowest BCUT2D eigenvalue weighted by Gasteiger charge is -2.11. The third-order valence-electron chi connectivity index (χ3n) is 4.20. The van der Waals surface area contributed by atoms with E-state index in [1.54, 1.807) is 19.2 Å². The van der Waals surface area contributed by atoms with E-state index in [2.05, 4.69) is 5.32 Å². The van der Waals surface area contributed by atoms with E-state index in [1.807, 2.05) is 49.4 Å². The summed E-state index contributed by atoms with van der Waals surface area (Å²) in [5.74, 6) is 0. The average Bonchev–Trinajstić information content (AvgIpc) is 3.07. The van der Waals surface area contributed by atoms with E-state index in [4.69, 9.17) is 9.47 Å². The number of nitrogens with one attached hydrogen (secondary N) is 1. The summed E-state index contributed by atoms with van der Waals surface area (Å²) in [6.07, 6.45) is 1.45. The zero-order chi connectivity index (χ0) is 19.2. The summed E-state index contributed by atoms with van der Waals surface area (Å²) in [4.78, 5) is 24.6. The van der Waals surface area contributed by atoms with Crippen molar-refractivity contribution in [3.05, 3.63) is 65.9 Å². The summed E-state index contributed by atoms with van der Waals surface area (Å²) >= 11 is 0. The Morgan fingerprint density at radius 1 is 1.00 bits per heavy atom. The van der Waals surface area contributed by atoms with E-state index in [0.29, 0.717) is 11.2 Å². The minimum absolute atomic E-state index is 0.168. The van der Waals surface area contributed by atoms with Crippen molar-refractivity contribution >= 4 is 28.8 Å². The molecule has 2 aromatic carbocycles. The lowest BCUT2D eigenvalue weighted by atomic mass is 10.1. The molecule has 0 atom stereocenters. The zero-order valence-electron chi connectivity index (χ0n) is 15.4. The smallest absolute Gasteiger partial charge is 0.418 e. The van der Waals surface area contributed by atoms with Gasteiger partial charge in [-0.05, 0) is 30.5 Å². The molecule has 0 radical (unpaired) electrons. The summed E-state index contributed by atoms with van der Waals surface area (Å²) in [5.41, 5.74) is 3.00. The van der Waals surface area contributed by atoms with Gasteiger partial charge in [0.25, 0.3) is 0 Å². The minimum Gasteiger partial charge on any atom is -0.449 e. The second kappa shape index (κ2) is 8.40. The molecule has 6 nitrogen and oxygen atoms in total. The molecule has 0 unspecified atom stereocenters. The van der Waals surface area contributed by atoms with Crippen LogP contribution in [0.15, 0.2) is 54.7 Å². The average molecular weight is 366 g/mol. The quantitative estimate of drug-likeness (QED) is 0.693. The van der Waals surface area contributed by atoms with Crippen LogP contribution in [0.4, 0.5) is 15.3 Å². The van der Waals surface area contributed by atoms with Gasteiger partial charge >= 0.3 is 12.2 Å². The van der Waals surface area contributed by atoms with Crippen LogP contribution in [0, 0.1) is 0 Å². The number of fused-ring (bicyclic) bond motifs is 1. The van der Waals surface area contributed by atoms with Gasteiger partial charge in [-0.3, -0.25) is 9.88 Å². The molecule has 0 aliphatic carbocycles. The highest BCUT2D eigenvalue weighted by Gasteiger charge is 2.18. The Bertz CT molecular complexity index is 947. The van der Waals surface area contributed by atoms with Crippen LogP contribution in [0.25, 0.3) is 10.9 Å². The second-order valence-electron chi connectivity index (χ2n) is 5.97. The van der Waals surface area contributed by atoms with Crippen molar-refractivity contribution in [2.75, 3.05) is 11.9 Å². The van der Waals surface area contributed by atoms with Crippen molar-refractivity contribution < 1.29 is 19.1 Å². The van der Waals surface area contributed by atoms with Gasteiger partial charge in [0.15, 0.2) is 0 Å². The van der Waals surface area contributed by atoms with Crippen LogP contribution in [0.3, 0.4) is 0 Å². The second-order valence-corrected chi connectivity index (χ2v) is 5.97. The van der Waals surface area contributed by atoms with Crippen LogP contribution in [-0.2, 0) is 22.5 Å². The molecule has 1 heterocycles. The highest BCUT2D eigenvalue weighted by Crippen LogP contribution is 2.29. The van der Waals surface area contributed by atoms with E-state index in [0.717, 1.165) is 22.9 Å². The molecule has 3 rings (SSSR count). The molecule has 0 bridgehead atoms. The van der Waals surface area contributed by atoms with Gasteiger partial charge in [-0.15, -0.1) is 0 Å². The Morgan fingerprint density at radius 3 is 2.48 bits per heavy atom. The Morgan fingerprint density at radius 2 is 1.78 bits per heavy atom. The maximum Gasteiger partial charge on any atom is 0.418 e. The summed E-state index contributed by atoms with van der Waals surface area (Å²) in [7, 11) is 0. The van der Waals surface area contributed by atoms with Crippen LogP contribution in [0.5, 0.6) is 0 Å². The van der Waals surface area contributed by atoms with Crippen LogP contribution in [0.2, 0.25) is 0 Å². The van der Waals surface area contributed by atoms with Crippen LogP contribution < -0.4 is 5.32 Å². The van der Waals surface area contributed by atoms with Gasteiger partial charge in [0.2, 0.25) is 0 Å². The molecule has 3 aromatic rings. The lowest BCUT2D eigenvalue weighted by molar-refractivity contribution is 0.153. The molecule has 0 saturated heterocycles. The molecule has 140 valence electrons. The molecule has 0 aliphatic heterocycles. The number of para-hydroxylation sites is 1. The van der Waals surface area contributed by atoms with Crippen LogP contribution >= 0.6 is 0 Å². The predicted molar refractivity (Wildman–Crippen MR) is 104 cm³/mol. The van der Waals surface area contributed by atoms with Gasteiger partial charge in [-0.25, -0.2) is 9.59 Å². The van der Waals surface area contributed by atoms with Crippen molar-refractivity contribution in [1.82, 2.24) is 4.57 Å². The molecule has 0 saturated carbocycles. The molecular weight excluding hydrogens is 344 g/mol. The molecule has 1 aromatic heterocycles. The van der Waals surface area contributed by atoms with Crippen molar-refractivity contribution in [2.24, 2.45) is 0 Å². The standard InChI is InChI=1S/C21H22N2O4/c1-3-16-13-23(21(25)26-4-2)19-17(16)11-8-12-18(19)22-20(24)27-14-15-9-6-5-7-10-15/h5-13H,3-4,14H2,1-2H3,(H,22,24). The van der Waals surface area contributed by atoms with Gasteiger partial charge < -0.3 is 9.47 Å². The van der Waals surface area contributed by atoms with Gasteiger partial charge in [0.05, 0.1) is 17.8 Å². The number of amides is 1. The topological polar surface area (TPSA) is 69.6 Å². The van der Waals surface area contributed by atoms with Crippen molar-refractivity contribution in [3.63, 3.8) is 0 Å². The number of carbonyl (C=O) groups is 2. The first-order chi connectivity index (χ1) is 13.1. The number of nitrogens with zero attached hydrogens (tertiary/aromatic N) is 1. The number of hydrogen-bond donors (Lipinski definition) is 1. The van der Waals surface area contributed by atoms with E-state index >= 15 is 0 Å². The van der Waals surface area contributed by atoms with Crippen molar-refractivity contribution in [3.8, 4) is 0 Å². The number of carbonyl (C=O) groups excluding carboxylic acids is 2. The lowest BCUT2D eigenvalue weighted by Crippen LogP contribution is -2.16. The maximum absolute atomic E-state index is 12.3. The van der Waals surface area contributed by atoms with E-state index < -0.39 is 12.2 Å². The van der Waals surface area contributed by atoms with E-state index in [-0.39, 0.29) is 13.2 Å². The molecule has 0 fully saturated rings. The molecular formula is C21H22N2O4. The highest BCUT2D eigenvalue weighted by molar-refractivity contribution is 6.03. The fourth-order valence-electron chi connectivity index (χ4n) is 2.94. The fraction of sp³-hybridized carbons (Fsp3) is 0.238. The summed E-state index contributed by atoms with van der Waals surface area (Å²) in [6, 6.07) is 14.9.